The van der Waals surface area contributed by atoms with Crippen molar-refractivity contribution in [2.24, 2.45) is 0 Å². The Hall–Kier alpha value is -3.70. The molecule has 1 fully saturated rings. The molecule has 12 heteroatoms. The Morgan fingerprint density at radius 2 is 1.70 bits per heavy atom. The average molecular weight is 458 g/mol. The van der Waals surface area contributed by atoms with E-state index in [-0.39, 0.29) is 17.3 Å². The number of hydrogen-bond acceptors (Lipinski definition) is 7. The molecule has 1 aliphatic carbocycles. The highest BCUT2D eigenvalue weighted by atomic mass is 19.3. The topological polar surface area (TPSA) is 94.3 Å². The minimum absolute atomic E-state index is 0.0846. The van der Waals surface area contributed by atoms with Gasteiger partial charge in [0.15, 0.2) is 11.6 Å². The van der Waals surface area contributed by atoms with Crippen molar-refractivity contribution in [3.63, 3.8) is 0 Å². The maximum Gasteiger partial charge on any atom is 0.280 e. The largest absolute Gasteiger partial charge is 0.360 e. The second kappa shape index (κ2) is 8.34. The summed E-state index contributed by atoms with van der Waals surface area (Å²) in [5.41, 5.74) is 0.907. The molecule has 1 atom stereocenters. The third-order valence-corrected chi connectivity index (χ3v) is 5.49. The summed E-state index contributed by atoms with van der Waals surface area (Å²) in [4.78, 5) is 20.4. The van der Waals surface area contributed by atoms with Crippen molar-refractivity contribution in [3.8, 4) is 5.82 Å². The van der Waals surface area contributed by atoms with Crippen LogP contribution in [0.2, 0.25) is 0 Å². The van der Waals surface area contributed by atoms with Crippen molar-refractivity contribution < 1.29 is 17.6 Å². The van der Waals surface area contributed by atoms with Gasteiger partial charge in [0.1, 0.15) is 30.5 Å². The zero-order valence-electron chi connectivity index (χ0n) is 17.3. The van der Waals surface area contributed by atoms with Crippen LogP contribution in [0.15, 0.2) is 37.2 Å². The van der Waals surface area contributed by atoms with Crippen LogP contribution in [-0.2, 0) is 0 Å². The smallest absolute Gasteiger partial charge is 0.280 e. The number of halogens is 4. The summed E-state index contributed by atoms with van der Waals surface area (Å²) >= 11 is 0. The summed E-state index contributed by atoms with van der Waals surface area (Å²) in [5, 5.41) is 7.75. The molecule has 33 heavy (non-hydrogen) atoms. The minimum atomic E-state index is -2.76. The van der Waals surface area contributed by atoms with Crippen LogP contribution < -0.4 is 5.32 Å². The van der Waals surface area contributed by atoms with E-state index < -0.39 is 24.6 Å². The van der Waals surface area contributed by atoms with E-state index in [1.54, 1.807) is 6.92 Å². The summed E-state index contributed by atoms with van der Waals surface area (Å²) in [6.07, 6.45) is 0.185. The van der Waals surface area contributed by atoms with Gasteiger partial charge in [0, 0.05) is 17.0 Å². The number of aromatic nitrogens is 7. The molecule has 0 aliphatic heterocycles. The van der Waals surface area contributed by atoms with Crippen LogP contribution in [0.4, 0.5) is 23.4 Å². The third-order valence-electron chi connectivity index (χ3n) is 5.49. The SMILES string of the molecule is C[C@H](Nc1ncnc2c(C3CC3)cc(C(F)F)cc12)c1ncnn1-c1cc(C(F)F)ncn1. The van der Waals surface area contributed by atoms with Crippen LogP contribution in [-0.4, -0.2) is 34.7 Å². The minimum Gasteiger partial charge on any atom is -0.360 e. The van der Waals surface area contributed by atoms with Crippen molar-refractivity contribution in [2.75, 3.05) is 5.32 Å². The number of hydrogen-bond donors (Lipinski definition) is 1. The molecule has 3 aromatic heterocycles. The van der Waals surface area contributed by atoms with Gasteiger partial charge < -0.3 is 5.32 Å². The Balaban J connectivity index is 1.52. The van der Waals surface area contributed by atoms with E-state index in [2.05, 4.69) is 35.3 Å². The van der Waals surface area contributed by atoms with Gasteiger partial charge in [0.2, 0.25) is 0 Å². The Morgan fingerprint density at radius 1 is 0.909 bits per heavy atom. The third kappa shape index (κ3) is 4.08. The second-order valence-electron chi connectivity index (χ2n) is 7.80. The lowest BCUT2D eigenvalue weighted by Gasteiger charge is -2.17. The monoisotopic (exact) mass is 458 g/mol. The Bertz CT molecular complexity index is 1300. The van der Waals surface area contributed by atoms with E-state index in [1.165, 1.54) is 29.5 Å². The van der Waals surface area contributed by atoms with Gasteiger partial charge >= 0.3 is 0 Å². The maximum absolute atomic E-state index is 13.6. The zero-order valence-corrected chi connectivity index (χ0v) is 17.3. The van der Waals surface area contributed by atoms with Gasteiger partial charge in [-0.3, -0.25) is 0 Å². The molecule has 1 N–H and O–H groups in total. The number of alkyl halides is 4. The molecule has 8 nitrogen and oxygen atoms in total. The fourth-order valence-corrected chi connectivity index (χ4v) is 3.75. The molecular formula is C21H18F4N8. The Labute approximate surface area is 185 Å². The van der Waals surface area contributed by atoms with Gasteiger partial charge in [-0.15, -0.1) is 0 Å². The molecule has 3 heterocycles. The van der Waals surface area contributed by atoms with Crippen LogP contribution >= 0.6 is 0 Å². The predicted molar refractivity (Wildman–Crippen MR) is 110 cm³/mol. The highest BCUT2D eigenvalue weighted by molar-refractivity contribution is 5.92. The average Bonchev–Trinajstić information content (AvgIpc) is 3.53. The van der Waals surface area contributed by atoms with Gasteiger partial charge in [-0.25, -0.2) is 42.5 Å². The van der Waals surface area contributed by atoms with Crippen LogP contribution in [0.1, 0.15) is 67.2 Å². The van der Waals surface area contributed by atoms with Gasteiger partial charge in [0.25, 0.3) is 12.9 Å². The summed E-state index contributed by atoms with van der Waals surface area (Å²) in [6, 6.07) is 3.53. The molecule has 0 bridgehead atoms. The summed E-state index contributed by atoms with van der Waals surface area (Å²) in [7, 11) is 0. The molecule has 170 valence electrons. The van der Waals surface area contributed by atoms with E-state index in [0.717, 1.165) is 30.8 Å². The maximum atomic E-state index is 13.6. The highest BCUT2D eigenvalue weighted by Gasteiger charge is 2.28. The number of benzene rings is 1. The second-order valence-corrected chi connectivity index (χ2v) is 7.80. The number of rotatable bonds is 7. The fraction of sp³-hybridized carbons (Fsp3) is 0.333. The Morgan fingerprint density at radius 3 is 2.42 bits per heavy atom. The van der Waals surface area contributed by atoms with E-state index in [0.29, 0.717) is 22.5 Å². The number of anilines is 1. The molecule has 0 amide bonds. The van der Waals surface area contributed by atoms with E-state index in [4.69, 9.17) is 0 Å². The Kier molecular flexibility index (Phi) is 5.35. The molecule has 4 aromatic rings. The van der Waals surface area contributed by atoms with Crippen molar-refractivity contribution in [1.82, 2.24) is 34.7 Å². The molecule has 0 saturated heterocycles. The van der Waals surface area contributed by atoms with Crippen molar-refractivity contribution in [1.29, 1.82) is 0 Å². The lowest BCUT2D eigenvalue weighted by molar-refractivity contribution is 0.146. The lowest BCUT2D eigenvalue weighted by atomic mass is 10.0. The number of nitrogens with zero attached hydrogens (tertiary/aromatic N) is 7. The quantitative estimate of drug-likeness (QED) is 0.393. The molecule has 1 saturated carbocycles. The zero-order chi connectivity index (χ0) is 23.1. The molecular weight excluding hydrogens is 440 g/mol. The predicted octanol–water partition coefficient (Wildman–Crippen LogP) is 4.93. The standard InChI is InChI=1S/C21H18F4N8/c1-10(21-30-9-31-33(21)16-6-15(19(24)25)26-7-27-16)32-20-14-5-12(18(22)23)4-13(11-2-3-11)17(14)28-8-29-20/h4-11,18-19H,2-3H2,1H3,(H,28,29,32)/t10-/m0/s1. The van der Waals surface area contributed by atoms with Gasteiger partial charge in [-0.05, 0) is 43.4 Å². The molecule has 0 unspecified atom stereocenters. The summed E-state index contributed by atoms with van der Waals surface area (Å²) in [5.74, 6) is 1.08. The first-order valence-electron chi connectivity index (χ1n) is 10.3. The van der Waals surface area contributed by atoms with Crippen LogP contribution in [0.25, 0.3) is 16.7 Å². The van der Waals surface area contributed by atoms with Gasteiger partial charge in [-0.1, -0.05) is 0 Å². The fourth-order valence-electron chi connectivity index (χ4n) is 3.75. The lowest BCUT2D eigenvalue weighted by Crippen LogP contribution is -2.16. The summed E-state index contributed by atoms with van der Waals surface area (Å²) < 4.78 is 54.5. The van der Waals surface area contributed by atoms with Crippen molar-refractivity contribution in [2.45, 2.75) is 44.6 Å². The molecule has 0 spiro atoms. The van der Waals surface area contributed by atoms with E-state index in [1.807, 2.05) is 0 Å². The van der Waals surface area contributed by atoms with E-state index in [9.17, 15) is 17.6 Å². The van der Waals surface area contributed by atoms with Crippen LogP contribution in [0.5, 0.6) is 0 Å². The van der Waals surface area contributed by atoms with Crippen LogP contribution in [0, 0.1) is 0 Å². The molecule has 1 aromatic carbocycles. The van der Waals surface area contributed by atoms with Crippen molar-refractivity contribution >= 4 is 16.7 Å². The molecule has 5 rings (SSSR count). The summed E-state index contributed by atoms with van der Waals surface area (Å²) in [6.45, 7) is 1.77. The number of nitrogens with one attached hydrogen (secondary N) is 1. The first-order chi connectivity index (χ1) is 15.9. The van der Waals surface area contributed by atoms with Gasteiger partial charge in [0.05, 0.1) is 11.6 Å². The first-order valence-corrected chi connectivity index (χ1v) is 10.3. The van der Waals surface area contributed by atoms with E-state index >= 15 is 0 Å². The normalized spacial score (nSPS) is 14.9. The van der Waals surface area contributed by atoms with Crippen molar-refractivity contribution in [3.05, 3.63) is 59.8 Å². The number of fused-ring (bicyclic) bond motifs is 1. The van der Waals surface area contributed by atoms with Gasteiger partial charge in [-0.2, -0.15) is 9.78 Å². The molecule has 1 aliphatic rings. The highest BCUT2D eigenvalue weighted by Crippen LogP contribution is 2.44. The molecule has 0 radical (unpaired) electrons. The first kappa shape index (κ1) is 21.2. The van der Waals surface area contributed by atoms with Crippen LogP contribution in [0.3, 0.4) is 0 Å².